The molecule has 0 aliphatic carbocycles. The number of hydrogen-bond donors (Lipinski definition) is 2. The largest absolute Gasteiger partial charge is 0.503 e. The van der Waals surface area contributed by atoms with Crippen LogP contribution in [-0.2, 0) is 4.79 Å². The van der Waals surface area contributed by atoms with Crippen molar-refractivity contribution in [3.63, 3.8) is 0 Å². The van der Waals surface area contributed by atoms with Crippen LogP contribution in [0.4, 0.5) is 5.69 Å². The number of carbonyl (C=O) groups is 1. The fourth-order valence-corrected chi connectivity index (χ4v) is 2.67. The molecule has 25 heavy (non-hydrogen) atoms. The van der Waals surface area contributed by atoms with Crippen molar-refractivity contribution >= 4 is 33.6 Å². The van der Waals surface area contributed by atoms with Crippen LogP contribution in [0.5, 0.6) is 11.5 Å². The van der Waals surface area contributed by atoms with E-state index in [1.165, 1.54) is 13.2 Å². The molecule has 0 aliphatic heterocycles. The lowest BCUT2D eigenvalue weighted by Gasteiger charge is -2.09. The standard InChI is InChI=1S/C19H17BrN2O3/c1-11-4-5-12(2)16(6-11)22-19(24)14(10-21)7-13-8-15(20)18(23)17(9-13)25-3/h4-9,23H,1-3H3,(H,22,24). The number of anilines is 1. The summed E-state index contributed by atoms with van der Waals surface area (Å²) in [5.74, 6) is -0.301. The van der Waals surface area contributed by atoms with Crippen molar-refractivity contribution in [2.24, 2.45) is 0 Å². The topological polar surface area (TPSA) is 82.3 Å². The molecule has 2 rings (SSSR count). The van der Waals surface area contributed by atoms with Gasteiger partial charge in [-0.2, -0.15) is 5.26 Å². The summed E-state index contributed by atoms with van der Waals surface area (Å²) in [6, 6.07) is 10.8. The highest BCUT2D eigenvalue weighted by Crippen LogP contribution is 2.35. The van der Waals surface area contributed by atoms with Crippen molar-refractivity contribution in [1.82, 2.24) is 0 Å². The number of phenols is 1. The van der Waals surface area contributed by atoms with Crippen LogP contribution in [0.1, 0.15) is 16.7 Å². The molecule has 128 valence electrons. The normalized spacial score (nSPS) is 10.9. The monoisotopic (exact) mass is 400 g/mol. The van der Waals surface area contributed by atoms with E-state index >= 15 is 0 Å². The van der Waals surface area contributed by atoms with Gasteiger partial charge in [-0.25, -0.2) is 0 Å². The number of halogens is 1. The third-order valence-electron chi connectivity index (χ3n) is 3.59. The third kappa shape index (κ3) is 4.40. The quantitative estimate of drug-likeness (QED) is 0.590. The van der Waals surface area contributed by atoms with Gasteiger partial charge in [-0.1, -0.05) is 12.1 Å². The maximum absolute atomic E-state index is 12.4. The van der Waals surface area contributed by atoms with Crippen molar-refractivity contribution in [2.45, 2.75) is 13.8 Å². The minimum Gasteiger partial charge on any atom is -0.503 e. The number of aromatic hydroxyl groups is 1. The number of aryl methyl sites for hydroxylation is 2. The number of amides is 1. The Kier molecular flexibility index (Phi) is 5.84. The Morgan fingerprint density at radius 1 is 1.32 bits per heavy atom. The average molecular weight is 401 g/mol. The Labute approximate surface area is 154 Å². The Morgan fingerprint density at radius 2 is 2.04 bits per heavy atom. The number of nitrogens with zero attached hydrogens (tertiary/aromatic N) is 1. The van der Waals surface area contributed by atoms with Crippen molar-refractivity contribution < 1.29 is 14.6 Å². The molecule has 0 spiro atoms. The molecular weight excluding hydrogens is 384 g/mol. The molecule has 0 saturated carbocycles. The highest BCUT2D eigenvalue weighted by molar-refractivity contribution is 9.10. The van der Waals surface area contributed by atoms with Gasteiger partial charge in [0.15, 0.2) is 11.5 Å². The van der Waals surface area contributed by atoms with Crippen LogP contribution in [0.15, 0.2) is 40.4 Å². The van der Waals surface area contributed by atoms with E-state index in [1.54, 1.807) is 12.1 Å². The first kappa shape index (κ1) is 18.6. The SMILES string of the molecule is COc1cc(C=C(C#N)C(=O)Nc2cc(C)ccc2C)cc(Br)c1O. The summed E-state index contributed by atoms with van der Waals surface area (Å²) >= 11 is 3.22. The van der Waals surface area contributed by atoms with Crippen LogP contribution in [0.25, 0.3) is 6.08 Å². The van der Waals surface area contributed by atoms with Crippen LogP contribution >= 0.6 is 15.9 Å². The average Bonchev–Trinajstić information content (AvgIpc) is 2.58. The van der Waals surface area contributed by atoms with E-state index < -0.39 is 5.91 Å². The molecule has 0 bridgehead atoms. The van der Waals surface area contributed by atoms with Crippen LogP contribution in [0.3, 0.4) is 0 Å². The first-order chi connectivity index (χ1) is 11.8. The molecule has 0 saturated heterocycles. The van der Waals surface area contributed by atoms with Gasteiger partial charge in [0.1, 0.15) is 11.6 Å². The zero-order valence-electron chi connectivity index (χ0n) is 14.1. The van der Waals surface area contributed by atoms with E-state index in [-0.39, 0.29) is 17.1 Å². The van der Waals surface area contributed by atoms with Crippen LogP contribution in [0.2, 0.25) is 0 Å². The number of rotatable bonds is 4. The van der Waals surface area contributed by atoms with Crippen LogP contribution < -0.4 is 10.1 Å². The van der Waals surface area contributed by atoms with Crippen LogP contribution in [-0.4, -0.2) is 18.1 Å². The van der Waals surface area contributed by atoms with E-state index in [0.717, 1.165) is 11.1 Å². The van der Waals surface area contributed by atoms with E-state index in [9.17, 15) is 15.2 Å². The summed E-state index contributed by atoms with van der Waals surface area (Å²) in [4.78, 5) is 12.4. The van der Waals surface area contributed by atoms with Gasteiger partial charge in [0, 0.05) is 5.69 Å². The number of carbonyl (C=O) groups excluding carboxylic acids is 1. The molecule has 2 aromatic rings. The molecule has 0 radical (unpaired) electrons. The molecule has 0 fully saturated rings. The maximum Gasteiger partial charge on any atom is 0.266 e. The molecule has 2 aromatic carbocycles. The van der Waals surface area contributed by atoms with Gasteiger partial charge < -0.3 is 15.2 Å². The smallest absolute Gasteiger partial charge is 0.266 e. The van der Waals surface area contributed by atoms with E-state index in [0.29, 0.717) is 15.7 Å². The van der Waals surface area contributed by atoms with Gasteiger partial charge in [0.25, 0.3) is 5.91 Å². The predicted octanol–water partition coefficient (Wildman–Crippen LogP) is 4.33. The molecule has 0 atom stereocenters. The second-order valence-corrected chi connectivity index (χ2v) is 6.35. The predicted molar refractivity (Wildman–Crippen MR) is 100 cm³/mol. The summed E-state index contributed by atoms with van der Waals surface area (Å²) in [5.41, 5.74) is 3.08. The maximum atomic E-state index is 12.4. The Hall–Kier alpha value is -2.78. The zero-order chi connectivity index (χ0) is 18.6. The number of benzene rings is 2. The van der Waals surface area contributed by atoms with Gasteiger partial charge in [-0.3, -0.25) is 4.79 Å². The van der Waals surface area contributed by atoms with Crippen molar-refractivity contribution in [1.29, 1.82) is 5.26 Å². The number of nitriles is 1. The molecule has 6 heteroatoms. The van der Waals surface area contributed by atoms with Gasteiger partial charge in [-0.05, 0) is 70.7 Å². The molecule has 1 amide bonds. The minimum atomic E-state index is -0.501. The molecule has 0 unspecified atom stereocenters. The summed E-state index contributed by atoms with van der Waals surface area (Å²) in [6.07, 6.45) is 1.44. The molecule has 0 heterocycles. The van der Waals surface area contributed by atoms with Crippen molar-refractivity contribution in [3.05, 3.63) is 57.1 Å². The minimum absolute atomic E-state index is 0.0435. The molecular formula is C19H17BrN2O3. The lowest BCUT2D eigenvalue weighted by Crippen LogP contribution is -2.14. The summed E-state index contributed by atoms with van der Waals surface area (Å²) < 4.78 is 5.48. The van der Waals surface area contributed by atoms with Crippen molar-refractivity contribution in [3.8, 4) is 17.6 Å². The highest BCUT2D eigenvalue weighted by Gasteiger charge is 2.13. The van der Waals surface area contributed by atoms with Gasteiger partial charge in [0.2, 0.25) is 0 Å². The number of ether oxygens (including phenoxy) is 1. The second-order valence-electron chi connectivity index (χ2n) is 5.50. The van der Waals surface area contributed by atoms with E-state index in [1.807, 2.05) is 38.1 Å². The zero-order valence-corrected chi connectivity index (χ0v) is 15.6. The molecule has 5 nitrogen and oxygen atoms in total. The third-order valence-corrected chi connectivity index (χ3v) is 4.19. The van der Waals surface area contributed by atoms with E-state index in [2.05, 4.69) is 21.2 Å². The number of nitrogens with one attached hydrogen (secondary N) is 1. The first-order valence-corrected chi connectivity index (χ1v) is 8.22. The van der Waals surface area contributed by atoms with Gasteiger partial charge in [0.05, 0.1) is 11.6 Å². The fraction of sp³-hybridized carbons (Fsp3) is 0.158. The Morgan fingerprint density at radius 3 is 2.68 bits per heavy atom. The van der Waals surface area contributed by atoms with E-state index in [4.69, 9.17) is 4.74 Å². The van der Waals surface area contributed by atoms with Crippen molar-refractivity contribution in [2.75, 3.05) is 12.4 Å². The Bertz CT molecular complexity index is 898. The number of hydrogen-bond acceptors (Lipinski definition) is 4. The lowest BCUT2D eigenvalue weighted by molar-refractivity contribution is -0.112. The highest BCUT2D eigenvalue weighted by atomic mass is 79.9. The van der Waals surface area contributed by atoms with Gasteiger partial charge >= 0.3 is 0 Å². The lowest BCUT2D eigenvalue weighted by atomic mass is 10.1. The Balaban J connectivity index is 2.34. The fourth-order valence-electron chi connectivity index (χ4n) is 2.21. The van der Waals surface area contributed by atoms with Gasteiger partial charge in [-0.15, -0.1) is 0 Å². The summed E-state index contributed by atoms with van der Waals surface area (Å²) in [5, 5.41) is 21.9. The summed E-state index contributed by atoms with van der Waals surface area (Å²) in [7, 11) is 1.42. The first-order valence-electron chi connectivity index (χ1n) is 7.42. The summed E-state index contributed by atoms with van der Waals surface area (Å²) in [6.45, 7) is 3.81. The number of methoxy groups -OCH3 is 1. The van der Waals surface area contributed by atoms with Crippen LogP contribution in [0, 0.1) is 25.2 Å². The molecule has 0 aliphatic rings. The second kappa shape index (κ2) is 7.86. The molecule has 0 aromatic heterocycles. The molecule has 2 N–H and O–H groups in total. The number of phenolic OH excluding ortho intramolecular Hbond substituents is 1.